The fourth-order valence-corrected chi connectivity index (χ4v) is 3.21. The number of hydrogen-bond acceptors (Lipinski definition) is 5. The minimum absolute atomic E-state index is 0.0245. The molecule has 0 unspecified atom stereocenters. The van der Waals surface area contributed by atoms with E-state index in [0.29, 0.717) is 17.5 Å². The number of carbonyl (C=O) groups is 2. The van der Waals surface area contributed by atoms with Crippen LogP contribution in [0.4, 0.5) is 11.4 Å². The van der Waals surface area contributed by atoms with Crippen LogP contribution in [0.1, 0.15) is 53.7 Å². The van der Waals surface area contributed by atoms with Gasteiger partial charge in [0.05, 0.1) is 28.7 Å². The average molecular weight is 395 g/mol. The van der Waals surface area contributed by atoms with Gasteiger partial charge in [-0.15, -0.1) is 0 Å². The molecule has 29 heavy (non-hydrogen) atoms. The Labute approximate surface area is 168 Å². The molecule has 0 bridgehead atoms. The van der Waals surface area contributed by atoms with Gasteiger partial charge >= 0.3 is 5.97 Å². The molecule has 2 rings (SSSR count). The monoisotopic (exact) mass is 395 g/mol. The van der Waals surface area contributed by atoms with Crippen molar-refractivity contribution < 1.29 is 19.6 Å². The highest BCUT2D eigenvalue weighted by Gasteiger charge is 2.30. The largest absolute Gasteiger partial charge is 0.478 e. The molecule has 1 amide bonds. The Bertz CT molecular complexity index is 994. The summed E-state index contributed by atoms with van der Waals surface area (Å²) in [6.45, 7) is 3.42. The van der Waals surface area contributed by atoms with Gasteiger partial charge in [0.2, 0.25) is 5.91 Å². The highest BCUT2D eigenvalue weighted by atomic mass is 16.6. The van der Waals surface area contributed by atoms with Crippen molar-refractivity contribution in [2.24, 2.45) is 0 Å². The molecule has 0 aliphatic heterocycles. The molecule has 8 nitrogen and oxygen atoms in total. The molecule has 0 saturated carbocycles. The third-order valence-corrected chi connectivity index (χ3v) is 4.54. The van der Waals surface area contributed by atoms with Crippen molar-refractivity contribution >= 4 is 23.3 Å². The third-order valence-electron chi connectivity index (χ3n) is 4.54. The topological polar surface area (TPSA) is 125 Å². The molecule has 0 spiro atoms. The Hall–Kier alpha value is -3.73. The van der Waals surface area contributed by atoms with Gasteiger partial charge in [0.25, 0.3) is 5.69 Å². The SMILES string of the molecule is CCCC(=O)N(Cc1ccccc1C#N)c1c([N+](=O)[O-])ccc(C(=O)O)c1CC. The van der Waals surface area contributed by atoms with E-state index in [0.717, 1.165) is 6.07 Å². The maximum absolute atomic E-state index is 12.9. The molecule has 0 saturated heterocycles. The van der Waals surface area contributed by atoms with E-state index >= 15 is 0 Å². The molecule has 0 aliphatic carbocycles. The van der Waals surface area contributed by atoms with E-state index in [9.17, 15) is 30.1 Å². The number of aromatic carboxylic acids is 1. The Morgan fingerprint density at radius 1 is 1.21 bits per heavy atom. The quantitative estimate of drug-likeness (QED) is 0.531. The standard InChI is InChI=1S/C21H21N3O5/c1-3-7-19(25)23(13-15-9-6-5-8-14(15)12-22)20-16(4-2)17(21(26)27)10-11-18(20)24(28)29/h5-6,8-11H,3-4,7,13H2,1-2H3,(H,26,27). The van der Waals surface area contributed by atoms with Crippen LogP contribution in [0.15, 0.2) is 36.4 Å². The molecular formula is C21H21N3O5. The summed E-state index contributed by atoms with van der Waals surface area (Å²) in [5, 5.41) is 30.6. The summed E-state index contributed by atoms with van der Waals surface area (Å²) in [7, 11) is 0. The summed E-state index contributed by atoms with van der Waals surface area (Å²) in [5.74, 6) is -1.60. The van der Waals surface area contributed by atoms with Crippen LogP contribution in [-0.2, 0) is 17.8 Å². The number of rotatable bonds is 8. The maximum Gasteiger partial charge on any atom is 0.336 e. The van der Waals surface area contributed by atoms with Gasteiger partial charge in [0.1, 0.15) is 5.69 Å². The van der Waals surface area contributed by atoms with Crippen LogP contribution in [0, 0.1) is 21.4 Å². The van der Waals surface area contributed by atoms with E-state index in [1.807, 2.05) is 6.92 Å². The first kappa shape index (κ1) is 21.6. The molecule has 0 heterocycles. The molecule has 0 aromatic heterocycles. The van der Waals surface area contributed by atoms with Crippen LogP contribution >= 0.6 is 0 Å². The van der Waals surface area contributed by atoms with Crippen molar-refractivity contribution in [1.82, 2.24) is 0 Å². The van der Waals surface area contributed by atoms with E-state index in [4.69, 9.17) is 0 Å². The molecular weight excluding hydrogens is 374 g/mol. The van der Waals surface area contributed by atoms with Crippen LogP contribution in [0.5, 0.6) is 0 Å². The zero-order valence-electron chi connectivity index (χ0n) is 16.2. The first-order valence-corrected chi connectivity index (χ1v) is 9.17. The number of nitriles is 1. The van der Waals surface area contributed by atoms with Crippen molar-refractivity contribution in [1.29, 1.82) is 5.26 Å². The molecule has 0 radical (unpaired) electrons. The van der Waals surface area contributed by atoms with Crippen molar-refractivity contribution in [2.75, 3.05) is 4.90 Å². The minimum atomic E-state index is -1.22. The first-order chi connectivity index (χ1) is 13.8. The van der Waals surface area contributed by atoms with Crippen LogP contribution in [0.3, 0.4) is 0 Å². The molecule has 150 valence electrons. The van der Waals surface area contributed by atoms with Crippen LogP contribution in [0.2, 0.25) is 0 Å². The highest BCUT2D eigenvalue weighted by Crippen LogP contribution is 2.36. The number of carboxylic acids is 1. The molecule has 2 aromatic carbocycles. The molecule has 0 fully saturated rings. The molecule has 0 aliphatic rings. The van der Waals surface area contributed by atoms with Gasteiger partial charge in [-0.1, -0.05) is 32.0 Å². The lowest BCUT2D eigenvalue weighted by atomic mass is 9.99. The Morgan fingerprint density at radius 3 is 2.45 bits per heavy atom. The first-order valence-electron chi connectivity index (χ1n) is 9.17. The smallest absolute Gasteiger partial charge is 0.336 e. The van der Waals surface area contributed by atoms with Gasteiger partial charge in [-0.05, 0) is 36.1 Å². The second-order valence-electron chi connectivity index (χ2n) is 6.37. The lowest BCUT2D eigenvalue weighted by Gasteiger charge is -2.26. The van der Waals surface area contributed by atoms with Crippen molar-refractivity contribution in [2.45, 2.75) is 39.7 Å². The fourth-order valence-electron chi connectivity index (χ4n) is 3.21. The lowest BCUT2D eigenvalue weighted by Crippen LogP contribution is -2.32. The third kappa shape index (κ3) is 4.58. The van der Waals surface area contributed by atoms with Crippen LogP contribution < -0.4 is 4.90 Å². The Kier molecular flexibility index (Phi) is 7.04. The Balaban J connectivity index is 2.77. The number of nitro benzene ring substituents is 1. The maximum atomic E-state index is 12.9. The van der Waals surface area contributed by atoms with E-state index in [1.54, 1.807) is 31.2 Å². The number of benzene rings is 2. The fraction of sp³-hybridized carbons (Fsp3) is 0.286. The normalized spacial score (nSPS) is 10.2. The molecule has 0 atom stereocenters. The van der Waals surface area contributed by atoms with Gasteiger partial charge in [-0.2, -0.15) is 5.26 Å². The second kappa shape index (κ2) is 9.46. The number of nitrogens with zero attached hydrogens (tertiary/aromatic N) is 3. The predicted octanol–water partition coefficient (Wildman–Crippen LogP) is 4.06. The lowest BCUT2D eigenvalue weighted by molar-refractivity contribution is -0.384. The van der Waals surface area contributed by atoms with Gasteiger partial charge in [-0.25, -0.2) is 4.79 Å². The zero-order valence-corrected chi connectivity index (χ0v) is 16.2. The van der Waals surface area contributed by atoms with E-state index in [2.05, 4.69) is 6.07 Å². The van der Waals surface area contributed by atoms with E-state index < -0.39 is 10.9 Å². The number of amides is 1. The number of carbonyl (C=O) groups excluding carboxylic acids is 1. The van der Waals surface area contributed by atoms with Gasteiger partial charge < -0.3 is 10.0 Å². The number of carboxylic acid groups (broad SMARTS) is 1. The number of hydrogen-bond donors (Lipinski definition) is 1. The summed E-state index contributed by atoms with van der Waals surface area (Å²) in [6, 6.07) is 11.0. The predicted molar refractivity (Wildman–Crippen MR) is 107 cm³/mol. The van der Waals surface area contributed by atoms with Crippen molar-refractivity contribution in [3.05, 3.63) is 68.8 Å². The highest BCUT2D eigenvalue weighted by molar-refractivity contribution is 6.00. The second-order valence-corrected chi connectivity index (χ2v) is 6.37. The van der Waals surface area contributed by atoms with Gasteiger partial charge in [0, 0.05) is 12.5 Å². The molecule has 1 N–H and O–H groups in total. The van der Waals surface area contributed by atoms with Crippen molar-refractivity contribution in [3.8, 4) is 6.07 Å². The van der Waals surface area contributed by atoms with Gasteiger partial charge in [-0.3, -0.25) is 14.9 Å². The average Bonchev–Trinajstić information content (AvgIpc) is 2.71. The summed E-state index contributed by atoms with van der Waals surface area (Å²) in [5.41, 5.74) is 0.629. The summed E-state index contributed by atoms with van der Waals surface area (Å²) >= 11 is 0. The van der Waals surface area contributed by atoms with Crippen LogP contribution in [0.25, 0.3) is 0 Å². The van der Waals surface area contributed by atoms with E-state index in [-0.39, 0.29) is 47.8 Å². The van der Waals surface area contributed by atoms with Gasteiger partial charge in [0.15, 0.2) is 0 Å². The number of nitro groups is 1. The molecule has 2 aromatic rings. The summed E-state index contributed by atoms with van der Waals surface area (Å²) in [6.07, 6.45) is 0.837. The Morgan fingerprint density at radius 2 is 1.90 bits per heavy atom. The number of anilines is 1. The summed E-state index contributed by atoms with van der Waals surface area (Å²) in [4.78, 5) is 36.9. The summed E-state index contributed by atoms with van der Waals surface area (Å²) < 4.78 is 0. The van der Waals surface area contributed by atoms with E-state index in [1.165, 1.54) is 11.0 Å². The van der Waals surface area contributed by atoms with Crippen molar-refractivity contribution in [3.63, 3.8) is 0 Å². The minimum Gasteiger partial charge on any atom is -0.478 e. The molecule has 8 heteroatoms. The van der Waals surface area contributed by atoms with Crippen LogP contribution in [-0.4, -0.2) is 21.9 Å². The zero-order chi connectivity index (χ0) is 21.6.